The molecule has 5 rings (SSSR count). The molecule has 3 N–H and O–H groups in total. The van der Waals surface area contributed by atoms with E-state index in [1.807, 2.05) is 12.1 Å². The second kappa shape index (κ2) is 9.39. The minimum Gasteiger partial charge on any atom is -0.487 e. The van der Waals surface area contributed by atoms with E-state index in [0.29, 0.717) is 35.7 Å². The van der Waals surface area contributed by atoms with Gasteiger partial charge in [-0.3, -0.25) is 0 Å². The Bertz CT molecular complexity index is 1240. The molecule has 35 heavy (non-hydrogen) atoms. The van der Waals surface area contributed by atoms with E-state index in [1.165, 1.54) is 12.8 Å². The number of rotatable bonds is 7. The summed E-state index contributed by atoms with van der Waals surface area (Å²) in [6, 6.07) is 7.08. The largest absolute Gasteiger partial charge is 0.487 e. The van der Waals surface area contributed by atoms with Gasteiger partial charge in [0.15, 0.2) is 0 Å². The van der Waals surface area contributed by atoms with E-state index in [0.717, 1.165) is 40.1 Å². The monoisotopic (exact) mass is 504 g/mol. The molecule has 0 unspecified atom stereocenters. The summed E-state index contributed by atoms with van der Waals surface area (Å²) >= 11 is 1.80. The molecule has 1 saturated heterocycles. The lowest BCUT2D eigenvalue weighted by Crippen LogP contribution is -2.16. The molecule has 1 aromatic heterocycles. The molecular formula is C25H27F3N4O2S. The molecule has 0 spiro atoms. The summed E-state index contributed by atoms with van der Waals surface area (Å²) in [5.41, 5.74) is 6.24. The highest BCUT2D eigenvalue weighted by atomic mass is 32.2. The Balaban J connectivity index is 1.51. The fourth-order valence-electron chi connectivity index (χ4n) is 4.08. The number of ether oxygens (including phenoxy) is 2. The predicted molar refractivity (Wildman–Crippen MR) is 131 cm³/mol. The quantitative estimate of drug-likeness (QED) is 0.374. The molecule has 2 fully saturated rings. The number of halogens is 3. The van der Waals surface area contributed by atoms with Crippen LogP contribution in [0.2, 0.25) is 0 Å². The van der Waals surface area contributed by atoms with Crippen molar-refractivity contribution in [1.82, 2.24) is 9.97 Å². The van der Waals surface area contributed by atoms with Crippen LogP contribution in [0.3, 0.4) is 0 Å². The van der Waals surface area contributed by atoms with Gasteiger partial charge in [-0.05, 0) is 62.6 Å². The van der Waals surface area contributed by atoms with Crippen molar-refractivity contribution >= 4 is 34.2 Å². The molecule has 2 aliphatic rings. The van der Waals surface area contributed by atoms with Crippen molar-refractivity contribution in [3.63, 3.8) is 0 Å². The molecule has 1 aliphatic carbocycles. The number of nitrogens with zero attached hydrogens (tertiary/aromatic N) is 2. The molecule has 1 aliphatic heterocycles. The summed E-state index contributed by atoms with van der Waals surface area (Å²) in [5, 5.41) is 4.61. The summed E-state index contributed by atoms with van der Waals surface area (Å²) in [6.07, 6.45) is -1.30. The van der Waals surface area contributed by atoms with Gasteiger partial charge in [-0.1, -0.05) is 0 Å². The Kier molecular flexibility index (Phi) is 6.43. The maximum absolute atomic E-state index is 13.3. The van der Waals surface area contributed by atoms with Gasteiger partial charge in [0.25, 0.3) is 0 Å². The van der Waals surface area contributed by atoms with Gasteiger partial charge in [-0.2, -0.15) is 13.2 Å². The number of thioether (sulfide) groups is 1. The highest BCUT2D eigenvalue weighted by Gasteiger charge is 2.32. The van der Waals surface area contributed by atoms with Gasteiger partial charge in [-0.25, -0.2) is 9.97 Å². The third kappa shape index (κ3) is 5.59. The van der Waals surface area contributed by atoms with E-state index in [1.54, 1.807) is 31.7 Å². The Morgan fingerprint density at radius 2 is 1.94 bits per heavy atom. The van der Waals surface area contributed by atoms with Gasteiger partial charge < -0.3 is 20.5 Å². The van der Waals surface area contributed by atoms with Gasteiger partial charge in [0.1, 0.15) is 23.5 Å². The van der Waals surface area contributed by atoms with E-state index < -0.39 is 17.8 Å². The lowest BCUT2D eigenvalue weighted by Gasteiger charge is -2.20. The topological polar surface area (TPSA) is 82.3 Å². The van der Waals surface area contributed by atoms with Crippen LogP contribution in [0, 0.1) is 6.92 Å². The molecule has 6 nitrogen and oxygen atoms in total. The van der Waals surface area contributed by atoms with E-state index in [-0.39, 0.29) is 11.8 Å². The number of hydrogen-bond acceptors (Lipinski definition) is 7. The third-order valence-electron chi connectivity index (χ3n) is 6.03. The van der Waals surface area contributed by atoms with Crippen molar-refractivity contribution in [3.05, 3.63) is 47.3 Å². The molecule has 0 amide bonds. The van der Waals surface area contributed by atoms with E-state index in [9.17, 15) is 13.2 Å². The van der Waals surface area contributed by atoms with Crippen molar-refractivity contribution in [3.8, 4) is 5.75 Å². The standard InChI is InChI=1S/C25H27F3N4O2S/c1-13(15-7-16(25(26,27)28)9-17(29)8-15)30-24-20-10-22(34-18-5-6-33-12-18)23(35-19-3-4-19)11-21(20)31-14(2)32-24/h7-11,13,18-19H,3-6,12,29H2,1-2H3,(H,30,31,32)/t13-,18+/m1/s1. The second-order valence-corrected chi connectivity index (χ2v) is 10.5. The second-order valence-electron chi connectivity index (χ2n) is 9.11. The Hall–Kier alpha value is -2.72. The number of benzene rings is 2. The van der Waals surface area contributed by atoms with Crippen LogP contribution in [0.1, 0.15) is 49.2 Å². The molecule has 2 aromatic carbocycles. The number of nitrogens with one attached hydrogen (secondary N) is 1. The Morgan fingerprint density at radius 3 is 2.63 bits per heavy atom. The molecule has 3 aromatic rings. The maximum atomic E-state index is 13.3. The van der Waals surface area contributed by atoms with Crippen LogP contribution in [-0.4, -0.2) is 34.5 Å². The lowest BCUT2D eigenvalue weighted by atomic mass is 10.0. The zero-order chi connectivity index (χ0) is 24.7. The Morgan fingerprint density at radius 1 is 1.14 bits per heavy atom. The first-order chi connectivity index (χ1) is 16.7. The lowest BCUT2D eigenvalue weighted by molar-refractivity contribution is -0.137. The van der Waals surface area contributed by atoms with E-state index in [4.69, 9.17) is 15.2 Å². The summed E-state index contributed by atoms with van der Waals surface area (Å²) < 4.78 is 51.8. The fraction of sp³-hybridized carbons (Fsp3) is 0.440. The summed E-state index contributed by atoms with van der Waals surface area (Å²) in [4.78, 5) is 10.2. The van der Waals surface area contributed by atoms with Crippen molar-refractivity contribution in [1.29, 1.82) is 0 Å². The first-order valence-corrected chi connectivity index (χ1v) is 12.5. The fourth-order valence-corrected chi connectivity index (χ4v) is 5.21. The van der Waals surface area contributed by atoms with Gasteiger partial charge in [-0.15, -0.1) is 11.8 Å². The van der Waals surface area contributed by atoms with Crippen molar-refractivity contribution in [2.24, 2.45) is 0 Å². The summed E-state index contributed by atoms with van der Waals surface area (Å²) in [7, 11) is 0. The van der Waals surface area contributed by atoms with Crippen LogP contribution < -0.4 is 15.8 Å². The zero-order valence-electron chi connectivity index (χ0n) is 19.5. The number of aromatic nitrogens is 2. The predicted octanol–water partition coefficient (Wildman–Crippen LogP) is 6.13. The van der Waals surface area contributed by atoms with E-state index in [2.05, 4.69) is 15.3 Å². The average Bonchev–Trinajstić information content (AvgIpc) is 3.45. The van der Waals surface area contributed by atoms with Crippen molar-refractivity contribution < 1.29 is 22.6 Å². The molecule has 0 bridgehead atoms. The van der Waals surface area contributed by atoms with Crippen molar-refractivity contribution in [2.45, 2.75) is 61.6 Å². The van der Waals surface area contributed by atoms with Gasteiger partial charge in [0.2, 0.25) is 0 Å². The van der Waals surface area contributed by atoms with Gasteiger partial charge in [0.05, 0.1) is 35.2 Å². The minimum absolute atomic E-state index is 0.0132. The first kappa shape index (κ1) is 24.0. The maximum Gasteiger partial charge on any atom is 0.416 e. The van der Waals surface area contributed by atoms with Gasteiger partial charge in [0, 0.05) is 22.7 Å². The number of anilines is 2. The molecule has 1 saturated carbocycles. The minimum atomic E-state index is -4.48. The zero-order valence-corrected chi connectivity index (χ0v) is 20.3. The number of alkyl halides is 3. The van der Waals surface area contributed by atoms with Crippen LogP contribution in [0.5, 0.6) is 5.75 Å². The average molecular weight is 505 g/mol. The van der Waals surface area contributed by atoms with Crippen LogP contribution in [0.15, 0.2) is 35.2 Å². The van der Waals surface area contributed by atoms with Crippen LogP contribution >= 0.6 is 11.8 Å². The van der Waals surface area contributed by atoms with Gasteiger partial charge >= 0.3 is 6.18 Å². The number of hydrogen-bond donors (Lipinski definition) is 2. The smallest absolute Gasteiger partial charge is 0.416 e. The van der Waals surface area contributed by atoms with Crippen LogP contribution in [0.25, 0.3) is 10.9 Å². The van der Waals surface area contributed by atoms with Crippen LogP contribution in [-0.2, 0) is 10.9 Å². The third-order valence-corrected chi connectivity index (χ3v) is 7.41. The first-order valence-electron chi connectivity index (χ1n) is 11.6. The Labute approximate surface area is 205 Å². The summed E-state index contributed by atoms with van der Waals surface area (Å²) in [5.74, 6) is 1.86. The number of aryl methyl sites for hydroxylation is 1. The normalized spacial score (nSPS) is 19.2. The molecule has 10 heteroatoms. The number of nitrogen functional groups attached to an aromatic ring is 1. The van der Waals surface area contributed by atoms with E-state index >= 15 is 0 Å². The molecule has 186 valence electrons. The molecule has 0 radical (unpaired) electrons. The van der Waals surface area contributed by atoms with Crippen LogP contribution in [0.4, 0.5) is 24.7 Å². The molecule has 2 heterocycles. The summed E-state index contributed by atoms with van der Waals surface area (Å²) in [6.45, 7) is 4.81. The highest BCUT2D eigenvalue weighted by Crippen LogP contribution is 2.45. The van der Waals surface area contributed by atoms with Crippen molar-refractivity contribution in [2.75, 3.05) is 24.3 Å². The highest BCUT2D eigenvalue weighted by molar-refractivity contribution is 8.00. The molecular weight excluding hydrogens is 477 g/mol. The molecule has 2 atom stereocenters. The number of fused-ring (bicyclic) bond motifs is 1. The SMILES string of the molecule is Cc1nc(N[C@H](C)c2cc(N)cc(C(F)(F)F)c2)c2cc(O[C@H]3CCOC3)c(SC3CC3)cc2n1. The number of nitrogens with two attached hydrogens (primary N) is 1.